The van der Waals surface area contributed by atoms with Gasteiger partial charge in [-0.1, -0.05) is 42.5 Å². The molecule has 2 rings (SSSR count). The van der Waals surface area contributed by atoms with Gasteiger partial charge in [-0.25, -0.2) is 0 Å². The maximum atomic E-state index is 10.1. The van der Waals surface area contributed by atoms with Gasteiger partial charge in [0, 0.05) is 0 Å². The average molecular weight is 272 g/mol. The van der Waals surface area contributed by atoms with Gasteiger partial charge in [-0.15, -0.1) is 0 Å². The Kier molecular flexibility index (Phi) is 5.16. The van der Waals surface area contributed by atoms with Gasteiger partial charge >= 0.3 is 0 Å². The highest BCUT2D eigenvalue weighted by atomic mass is 16.5. The SMILES string of the molecule is COc1ccc(C(O)CCC(O)c2ccccc2)cc1. The van der Waals surface area contributed by atoms with E-state index in [1.807, 2.05) is 54.6 Å². The van der Waals surface area contributed by atoms with Crippen molar-refractivity contribution in [3.05, 3.63) is 65.7 Å². The molecule has 106 valence electrons. The van der Waals surface area contributed by atoms with Crippen molar-refractivity contribution in [2.75, 3.05) is 7.11 Å². The van der Waals surface area contributed by atoms with Crippen LogP contribution in [0.3, 0.4) is 0 Å². The first-order valence-electron chi connectivity index (χ1n) is 6.75. The van der Waals surface area contributed by atoms with Crippen molar-refractivity contribution >= 4 is 0 Å². The van der Waals surface area contributed by atoms with E-state index in [4.69, 9.17) is 4.74 Å². The van der Waals surface area contributed by atoms with Crippen LogP contribution in [0.15, 0.2) is 54.6 Å². The van der Waals surface area contributed by atoms with Gasteiger partial charge in [-0.3, -0.25) is 0 Å². The average Bonchev–Trinajstić information content (AvgIpc) is 2.53. The molecule has 2 aromatic rings. The Hall–Kier alpha value is -1.84. The molecule has 0 saturated heterocycles. The van der Waals surface area contributed by atoms with Crippen LogP contribution >= 0.6 is 0 Å². The Labute approximate surface area is 119 Å². The third-order valence-corrected chi connectivity index (χ3v) is 3.40. The maximum Gasteiger partial charge on any atom is 0.118 e. The Morgan fingerprint density at radius 2 is 1.30 bits per heavy atom. The molecule has 0 fully saturated rings. The van der Waals surface area contributed by atoms with E-state index in [-0.39, 0.29) is 0 Å². The first-order valence-corrected chi connectivity index (χ1v) is 6.75. The van der Waals surface area contributed by atoms with Crippen molar-refractivity contribution in [1.29, 1.82) is 0 Å². The number of hydrogen-bond donors (Lipinski definition) is 2. The fraction of sp³-hybridized carbons (Fsp3) is 0.294. The summed E-state index contributed by atoms with van der Waals surface area (Å²) in [5.41, 5.74) is 1.72. The van der Waals surface area contributed by atoms with E-state index in [1.165, 1.54) is 0 Å². The molecule has 20 heavy (non-hydrogen) atoms. The van der Waals surface area contributed by atoms with Crippen molar-refractivity contribution < 1.29 is 14.9 Å². The third-order valence-electron chi connectivity index (χ3n) is 3.40. The van der Waals surface area contributed by atoms with Crippen LogP contribution in [0.25, 0.3) is 0 Å². The molecule has 0 aliphatic rings. The van der Waals surface area contributed by atoms with Gasteiger partial charge in [0.15, 0.2) is 0 Å². The highest BCUT2D eigenvalue weighted by Crippen LogP contribution is 2.25. The third kappa shape index (κ3) is 3.83. The lowest BCUT2D eigenvalue weighted by Crippen LogP contribution is -2.03. The van der Waals surface area contributed by atoms with E-state index >= 15 is 0 Å². The van der Waals surface area contributed by atoms with Crippen molar-refractivity contribution in [1.82, 2.24) is 0 Å². The van der Waals surface area contributed by atoms with Crippen LogP contribution in [0.4, 0.5) is 0 Å². The Morgan fingerprint density at radius 1 is 0.800 bits per heavy atom. The lowest BCUT2D eigenvalue weighted by molar-refractivity contribution is 0.115. The first kappa shape index (κ1) is 14.6. The molecule has 2 aromatic carbocycles. The van der Waals surface area contributed by atoms with Crippen molar-refractivity contribution in [2.24, 2.45) is 0 Å². The summed E-state index contributed by atoms with van der Waals surface area (Å²) >= 11 is 0. The lowest BCUT2D eigenvalue weighted by Gasteiger charge is -2.15. The summed E-state index contributed by atoms with van der Waals surface area (Å²) in [6.45, 7) is 0. The zero-order chi connectivity index (χ0) is 14.4. The fourth-order valence-electron chi connectivity index (χ4n) is 2.15. The number of rotatable bonds is 6. The molecule has 0 aliphatic carbocycles. The number of methoxy groups -OCH3 is 1. The summed E-state index contributed by atoms with van der Waals surface area (Å²) in [7, 11) is 1.61. The molecule has 0 radical (unpaired) electrons. The van der Waals surface area contributed by atoms with Crippen molar-refractivity contribution in [3.63, 3.8) is 0 Å². The minimum absolute atomic E-state index is 0.516. The van der Waals surface area contributed by atoms with Gasteiger partial charge in [0.1, 0.15) is 5.75 Å². The van der Waals surface area contributed by atoms with Crippen LogP contribution in [0.1, 0.15) is 36.2 Å². The number of benzene rings is 2. The molecular weight excluding hydrogens is 252 g/mol. The number of aliphatic hydroxyl groups excluding tert-OH is 2. The van der Waals surface area contributed by atoms with Gasteiger partial charge < -0.3 is 14.9 Å². The van der Waals surface area contributed by atoms with Gasteiger partial charge in [-0.05, 0) is 36.1 Å². The summed E-state index contributed by atoms with van der Waals surface area (Å²) in [4.78, 5) is 0. The molecule has 0 bridgehead atoms. The Bertz CT molecular complexity index is 508. The lowest BCUT2D eigenvalue weighted by atomic mass is 9.99. The first-order chi connectivity index (χ1) is 9.70. The molecule has 0 saturated carbocycles. The topological polar surface area (TPSA) is 49.7 Å². The quantitative estimate of drug-likeness (QED) is 0.848. The van der Waals surface area contributed by atoms with E-state index in [1.54, 1.807) is 7.11 Å². The fourth-order valence-corrected chi connectivity index (χ4v) is 2.15. The smallest absolute Gasteiger partial charge is 0.118 e. The molecule has 3 nitrogen and oxygen atoms in total. The second kappa shape index (κ2) is 7.08. The van der Waals surface area contributed by atoms with Crippen LogP contribution in [-0.4, -0.2) is 17.3 Å². The van der Waals surface area contributed by atoms with Crippen molar-refractivity contribution in [3.8, 4) is 5.75 Å². The Balaban J connectivity index is 1.89. The van der Waals surface area contributed by atoms with Crippen LogP contribution in [-0.2, 0) is 0 Å². The summed E-state index contributed by atoms with van der Waals surface area (Å²) < 4.78 is 5.08. The monoisotopic (exact) mass is 272 g/mol. The number of aliphatic hydroxyl groups is 2. The predicted octanol–water partition coefficient (Wildman–Crippen LogP) is 3.24. The van der Waals surface area contributed by atoms with Crippen LogP contribution in [0.2, 0.25) is 0 Å². The molecule has 0 aromatic heterocycles. The van der Waals surface area contributed by atoms with E-state index in [0.717, 1.165) is 16.9 Å². The standard InChI is InChI=1S/C17H20O3/c1-20-15-9-7-14(8-10-15)17(19)12-11-16(18)13-5-3-2-4-6-13/h2-10,16-19H,11-12H2,1H3. The molecular formula is C17H20O3. The molecule has 0 amide bonds. The van der Waals surface area contributed by atoms with E-state index in [2.05, 4.69) is 0 Å². The van der Waals surface area contributed by atoms with E-state index in [0.29, 0.717) is 12.8 Å². The second-order valence-corrected chi connectivity index (χ2v) is 4.79. The summed E-state index contributed by atoms with van der Waals surface area (Å²) in [6.07, 6.45) is -0.0667. The predicted molar refractivity (Wildman–Crippen MR) is 78.6 cm³/mol. The van der Waals surface area contributed by atoms with E-state index in [9.17, 15) is 10.2 Å². The summed E-state index contributed by atoms with van der Waals surface area (Å²) in [6, 6.07) is 16.9. The van der Waals surface area contributed by atoms with Crippen LogP contribution < -0.4 is 4.74 Å². The maximum absolute atomic E-state index is 10.1. The largest absolute Gasteiger partial charge is 0.497 e. The van der Waals surface area contributed by atoms with Gasteiger partial charge in [0.25, 0.3) is 0 Å². The Morgan fingerprint density at radius 3 is 1.80 bits per heavy atom. The van der Waals surface area contributed by atoms with E-state index < -0.39 is 12.2 Å². The molecule has 0 aliphatic heterocycles. The molecule has 2 atom stereocenters. The van der Waals surface area contributed by atoms with Gasteiger partial charge in [-0.2, -0.15) is 0 Å². The summed E-state index contributed by atoms with van der Waals surface area (Å²) in [5.74, 6) is 0.769. The van der Waals surface area contributed by atoms with Crippen LogP contribution in [0, 0.1) is 0 Å². The van der Waals surface area contributed by atoms with Crippen LogP contribution in [0.5, 0.6) is 5.75 Å². The van der Waals surface area contributed by atoms with Gasteiger partial charge in [0.05, 0.1) is 19.3 Å². The minimum Gasteiger partial charge on any atom is -0.497 e. The zero-order valence-electron chi connectivity index (χ0n) is 11.6. The number of ether oxygens (including phenoxy) is 1. The van der Waals surface area contributed by atoms with Gasteiger partial charge in [0.2, 0.25) is 0 Å². The molecule has 3 heteroatoms. The normalized spacial score (nSPS) is 13.8. The second-order valence-electron chi connectivity index (χ2n) is 4.79. The molecule has 2 unspecified atom stereocenters. The minimum atomic E-state index is -0.570. The van der Waals surface area contributed by atoms with Crippen molar-refractivity contribution in [2.45, 2.75) is 25.0 Å². The number of hydrogen-bond acceptors (Lipinski definition) is 3. The highest BCUT2D eigenvalue weighted by molar-refractivity contribution is 5.28. The molecule has 2 N–H and O–H groups in total. The zero-order valence-corrected chi connectivity index (χ0v) is 11.6. The molecule has 0 heterocycles. The molecule has 0 spiro atoms. The summed E-state index contributed by atoms with van der Waals surface area (Å²) in [5, 5.41) is 20.2. The highest BCUT2D eigenvalue weighted by Gasteiger charge is 2.12.